The van der Waals surface area contributed by atoms with Crippen molar-refractivity contribution in [1.29, 1.82) is 0 Å². The largest absolute Gasteiger partial charge is 0.779 e. The van der Waals surface area contributed by atoms with Gasteiger partial charge in [-0.15, -0.1) is 0 Å². The van der Waals surface area contributed by atoms with Gasteiger partial charge in [0.15, 0.2) is 6.10 Å². The highest BCUT2D eigenvalue weighted by Crippen LogP contribution is 2.31. The van der Waals surface area contributed by atoms with Gasteiger partial charge in [0, 0.05) is 6.42 Å². The van der Waals surface area contributed by atoms with Crippen LogP contribution in [0.1, 0.15) is 84.0 Å². The van der Waals surface area contributed by atoms with Crippen LogP contribution in [0.3, 0.4) is 0 Å². The Hall–Kier alpha value is -0.420. The molecule has 6 nitrogen and oxygen atoms in total. The van der Waals surface area contributed by atoms with Crippen LogP contribution in [0, 0.1) is 0 Å². The number of hydrogen-bond donors (Lipinski definition) is 1. The van der Waals surface area contributed by atoms with Crippen molar-refractivity contribution in [3.05, 3.63) is 0 Å². The minimum Gasteiger partial charge on any atom is -0.779 e. The fourth-order valence-electron chi connectivity index (χ4n) is 3.18. The van der Waals surface area contributed by atoms with E-state index in [-0.39, 0.29) is 5.97 Å². The summed E-state index contributed by atoms with van der Waals surface area (Å²) < 4.78 is 16.9. The van der Waals surface area contributed by atoms with Crippen LogP contribution >= 0.6 is 7.60 Å². The highest BCUT2D eigenvalue weighted by Gasteiger charge is 2.25. The van der Waals surface area contributed by atoms with Crippen LogP contribution in [-0.4, -0.2) is 55.3 Å². The summed E-state index contributed by atoms with van der Waals surface area (Å²) in [5.41, 5.74) is 0. The first-order valence-corrected chi connectivity index (χ1v) is 12.3. The maximum atomic E-state index is 12.0. The van der Waals surface area contributed by atoms with Crippen molar-refractivity contribution in [2.45, 2.75) is 90.1 Å². The summed E-state index contributed by atoms with van der Waals surface area (Å²) >= 11 is 0. The lowest BCUT2D eigenvalue weighted by atomic mass is 10.1. The highest BCUT2D eigenvalue weighted by molar-refractivity contribution is 7.50. The highest BCUT2D eigenvalue weighted by atomic mass is 31.2. The summed E-state index contributed by atoms with van der Waals surface area (Å²) in [4.78, 5) is 32.2. The van der Waals surface area contributed by atoms with Gasteiger partial charge < -0.3 is 23.6 Å². The van der Waals surface area contributed by atoms with Crippen molar-refractivity contribution in [3.63, 3.8) is 0 Å². The topological polar surface area (TPSA) is 86.7 Å². The lowest BCUT2D eigenvalue weighted by Crippen LogP contribution is -2.44. The molecule has 0 aliphatic heterocycles. The number of hydrogen-bond acceptors (Lipinski definition) is 4. The second kappa shape index (κ2) is 14.6. The van der Waals surface area contributed by atoms with Crippen molar-refractivity contribution in [1.82, 2.24) is 0 Å². The van der Waals surface area contributed by atoms with Crippen LogP contribution in [0.4, 0.5) is 0 Å². The lowest BCUT2D eigenvalue weighted by molar-refractivity contribution is -0.873. The van der Waals surface area contributed by atoms with Gasteiger partial charge in [-0.3, -0.25) is 4.79 Å². The standard InChI is InChI=1S/C20H42NO5P/c1-5-6-7-8-9-10-11-12-13-14-15-16-20(22)26-19(17-21(2,3)4)18-27(23,24)25/h19H,5-18H2,1-4H3,(H-,23,24,25)/t19-/m1/s1. The molecule has 1 N–H and O–H groups in total. The predicted molar refractivity (Wildman–Crippen MR) is 109 cm³/mol. The van der Waals surface area contributed by atoms with Gasteiger partial charge in [0.1, 0.15) is 14.1 Å². The maximum absolute atomic E-state index is 12.0. The molecule has 1 unspecified atom stereocenters. The summed E-state index contributed by atoms with van der Waals surface area (Å²) in [5.74, 6) is -0.377. The molecule has 0 saturated carbocycles. The first kappa shape index (κ1) is 26.6. The molecule has 0 rings (SSSR count). The summed E-state index contributed by atoms with van der Waals surface area (Å²) in [6.45, 7) is 2.57. The Bertz CT molecular complexity index is 431. The van der Waals surface area contributed by atoms with E-state index in [0.717, 1.165) is 19.3 Å². The van der Waals surface area contributed by atoms with Crippen LogP contribution in [-0.2, 0) is 14.1 Å². The Labute approximate surface area is 166 Å². The molecule has 0 bridgehead atoms. The summed E-state index contributed by atoms with van der Waals surface area (Å²) in [6, 6.07) is 0. The van der Waals surface area contributed by atoms with Crippen LogP contribution < -0.4 is 4.89 Å². The third-order valence-electron chi connectivity index (χ3n) is 4.47. The normalized spacial score (nSPS) is 15.3. The molecule has 0 radical (unpaired) electrons. The number of carbonyl (C=O) groups is 1. The van der Waals surface area contributed by atoms with Gasteiger partial charge in [-0.2, -0.15) is 0 Å². The molecular weight excluding hydrogens is 365 g/mol. The average molecular weight is 408 g/mol. The smallest absolute Gasteiger partial charge is 0.306 e. The quantitative estimate of drug-likeness (QED) is 0.171. The molecule has 0 aromatic heterocycles. The molecule has 7 heteroatoms. The number of unbranched alkanes of at least 4 members (excludes halogenated alkanes) is 10. The first-order chi connectivity index (χ1) is 12.5. The fraction of sp³-hybridized carbons (Fsp3) is 0.950. The number of carbonyl (C=O) groups excluding carboxylic acids is 1. The van der Waals surface area contributed by atoms with Gasteiger partial charge in [-0.1, -0.05) is 71.1 Å². The van der Waals surface area contributed by atoms with Crippen LogP contribution in [0.25, 0.3) is 0 Å². The van der Waals surface area contributed by atoms with Crippen molar-refractivity contribution in [2.24, 2.45) is 0 Å². The van der Waals surface area contributed by atoms with Gasteiger partial charge >= 0.3 is 5.97 Å². The second-order valence-corrected chi connectivity index (χ2v) is 10.3. The van der Waals surface area contributed by atoms with Gasteiger partial charge in [-0.05, 0) is 6.42 Å². The van der Waals surface area contributed by atoms with Crippen molar-refractivity contribution >= 4 is 13.6 Å². The molecule has 162 valence electrons. The zero-order valence-electron chi connectivity index (χ0n) is 18.0. The predicted octanol–water partition coefficient (Wildman–Crippen LogP) is 3.85. The van der Waals surface area contributed by atoms with E-state index in [1.54, 1.807) is 0 Å². The van der Waals surface area contributed by atoms with Crippen LogP contribution in [0.5, 0.6) is 0 Å². The van der Waals surface area contributed by atoms with Gasteiger partial charge in [0.2, 0.25) is 0 Å². The third kappa shape index (κ3) is 20.1. The Balaban J connectivity index is 3.84. The van der Waals surface area contributed by atoms with Gasteiger partial charge in [-0.25, -0.2) is 0 Å². The third-order valence-corrected chi connectivity index (χ3v) is 5.34. The molecule has 0 aromatic carbocycles. The Morgan fingerprint density at radius 2 is 1.41 bits per heavy atom. The molecule has 0 amide bonds. The summed E-state index contributed by atoms with van der Waals surface area (Å²) in [5, 5.41) is 0. The van der Waals surface area contributed by atoms with Crippen molar-refractivity contribution < 1.29 is 28.4 Å². The van der Waals surface area contributed by atoms with Crippen molar-refractivity contribution in [2.75, 3.05) is 33.8 Å². The van der Waals surface area contributed by atoms with Crippen LogP contribution in [0.15, 0.2) is 0 Å². The number of nitrogens with zero attached hydrogens (tertiary/aromatic N) is 1. The van der Waals surface area contributed by atoms with E-state index in [1.807, 2.05) is 21.1 Å². The van der Waals surface area contributed by atoms with E-state index in [4.69, 9.17) is 9.63 Å². The summed E-state index contributed by atoms with van der Waals surface area (Å²) in [6.07, 6.45) is 12.3. The van der Waals surface area contributed by atoms with E-state index >= 15 is 0 Å². The lowest BCUT2D eigenvalue weighted by Gasteiger charge is -2.31. The van der Waals surface area contributed by atoms with E-state index in [0.29, 0.717) is 17.4 Å². The molecule has 0 aromatic rings. The molecule has 27 heavy (non-hydrogen) atoms. The average Bonchev–Trinajstić information content (AvgIpc) is 2.49. The van der Waals surface area contributed by atoms with E-state index < -0.39 is 19.9 Å². The molecule has 0 heterocycles. The molecule has 0 spiro atoms. The number of rotatable bonds is 17. The minimum absolute atomic E-state index is 0.305. The van der Waals surface area contributed by atoms with E-state index in [2.05, 4.69) is 6.92 Å². The number of esters is 1. The van der Waals surface area contributed by atoms with Gasteiger partial charge in [0.05, 0.1) is 27.3 Å². The molecular formula is C20H42NO5P. The maximum Gasteiger partial charge on any atom is 0.306 e. The Morgan fingerprint density at radius 3 is 1.81 bits per heavy atom. The van der Waals surface area contributed by atoms with Crippen molar-refractivity contribution in [3.8, 4) is 0 Å². The minimum atomic E-state index is -4.46. The second-order valence-electron chi connectivity index (χ2n) is 8.69. The van der Waals surface area contributed by atoms with E-state index in [9.17, 15) is 14.3 Å². The SMILES string of the molecule is CCCCCCCCCCCCCC(=O)O[C@H](C[N+](C)(C)C)CP(=O)([O-])O. The monoisotopic (exact) mass is 407 g/mol. The molecule has 0 saturated heterocycles. The number of ether oxygens (including phenoxy) is 1. The fourth-order valence-corrected chi connectivity index (χ4v) is 3.88. The molecule has 0 aliphatic rings. The van der Waals surface area contributed by atoms with Gasteiger partial charge in [0.25, 0.3) is 0 Å². The van der Waals surface area contributed by atoms with Crippen LogP contribution in [0.2, 0.25) is 0 Å². The molecule has 2 atom stereocenters. The Morgan fingerprint density at radius 1 is 0.963 bits per heavy atom. The van der Waals surface area contributed by atoms with E-state index in [1.165, 1.54) is 51.4 Å². The Kier molecular flexibility index (Phi) is 14.3. The molecule has 0 aliphatic carbocycles. The zero-order chi connectivity index (χ0) is 20.8. The molecule has 0 fully saturated rings. The number of quaternary nitrogens is 1. The first-order valence-electron chi connectivity index (χ1n) is 10.6. The summed E-state index contributed by atoms with van der Waals surface area (Å²) in [7, 11) is 1.20. The zero-order valence-corrected chi connectivity index (χ0v) is 18.8. The number of likely N-dealkylation sites (N-methyl/N-ethyl adjacent to an activating group) is 1.